The molecule has 0 saturated heterocycles. The third kappa shape index (κ3) is 2.15. The van der Waals surface area contributed by atoms with E-state index in [1.54, 1.807) is 6.20 Å². The third-order valence-corrected chi connectivity index (χ3v) is 3.36. The standard InChI is InChI=1S/C14H9ClN6/c15-12-11-13(18-7-17-11)21-14(20-12)19-9-5-8-3-1-2-4-10(8)16-6-9/h1-7H,(H2,17,18,19,20,21). The highest BCUT2D eigenvalue weighted by Crippen LogP contribution is 2.22. The molecular formula is C14H9ClN6. The lowest BCUT2D eigenvalue weighted by Crippen LogP contribution is -1.98. The van der Waals surface area contributed by atoms with Crippen LogP contribution < -0.4 is 5.32 Å². The minimum Gasteiger partial charge on any atom is -0.341 e. The van der Waals surface area contributed by atoms with Crippen LogP contribution in [-0.2, 0) is 0 Å². The van der Waals surface area contributed by atoms with E-state index in [2.05, 4.69) is 30.2 Å². The highest BCUT2D eigenvalue weighted by Gasteiger charge is 2.08. The average Bonchev–Trinajstić information content (AvgIpc) is 2.96. The van der Waals surface area contributed by atoms with Crippen molar-refractivity contribution in [2.45, 2.75) is 0 Å². The highest BCUT2D eigenvalue weighted by atomic mass is 35.5. The van der Waals surface area contributed by atoms with Crippen molar-refractivity contribution in [2.24, 2.45) is 0 Å². The molecule has 21 heavy (non-hydrogen) atoms. The number of benzene rings is 1. The summed E-state index contributed by atoms with van der Waals surface area (Å²) < 4.78 is 0. The zero-order valence-corrected chi connectivity index (χ0v) is 11.5. The molecule has 1 aromatic carbocycles. The van der Waals surface area contributed by atoms with Crippen LogP contribution in [-0.4, -0.2) is 24.9 Å². The van der Waals surface area contributed by atoms with E-state index in [1.807, 2.05) is 30.3 Å². The van der Waals surface area contributed by atoms with Crippen molar-refractivity contribution in [1.29, 1.82) is 0 Å². The summed E-state index contributed by atoms with van der Waals surface area (Å²) in [4.78, 5) is 19.8. The summed E-state index contributed by atoms with van der Waals surface area (Å²) in [5.74, 6) is 0.386. The van der Waals surface area contributed by atoms with Crippen LogP contribution in [0.1, 0.15) is 0 Å². The summed E-state index contributed by atoms with van der Waals surface area (Å²) in [5.41, 5.74) is 2.87. The maximum Gasteiger partial charge on any atom is 0.230 e. The second kappa shape index (κ2) is 4.68. The molecule has 0 saturated carbocycles. The van der Waals surface area contributed by atoms with Crippen LogP contribution in [0.4, 0.5) is 11.6 Å². The maximum atomic E-state index is 6.09. The number of nitrogens with one attached hydrogen (secondary N) is 2. The Bertz CT molecular complexity index is 948. The van der Waals surface area contributed by atoms with Gasteiger partial charge in [0.15, 0.2) is 10.8 Å². The fourth-order valence-electron chi connectivity index (χ4n) is 2.12. The van der Waals surface area contributed by atoms with E-state index in [4.69, 9.17) is 11.6 Å². The van der Waals surface area contributed by atoms with E-state index in [-0.39, 0.29) is 0 Å². The first-order valence-corrected chi connectivity index (χ1v) is 6.66. The minimum absolute atomic E-state index is 0.328. The van der Waals surface area contributed by atoms with Crippen molar-refractivity contribution in [3.63, 3.8) is 0 Å². The molecule has 0 fully saturated rings. The number of halogens is 1. The average molecular weight is 297 g/mol. The predicted molar refractivity (Wildman–Crippen MR) is 81.7 cm³/mol. The van der Waals surface area contributed by atoms with Gasteiger partial charge in [-0.05, 0) is 12.1 Å². The van der Waals surface area contributed by atoms with Crippen molar-refractivity contribution in [3.05, 3.63) is 48.0 Å². The van der Waals surface area contributed by atoms with Gasteiger partial charge in [-0.3, -0.25) is 4.98 Å². The number of anilines is 2. The number of pyridine rings is 1. The summed E-state index contributed by atoms with van der Waals surface area (Å²) >= 11 is 6.09. The van der Waals surface area contributed by atoms with E-state index in [0.717, 1.165) is 16.6 Å². The Hall–Kier alpha value is -2.73. The Morgan fingerprint density at radius 3 is 2.95 bits per heavy atom. The molecule has 102 valence electrons. The summed E-state index contributed by atoms with van der Waals surface area (Å²) in [6.07, 6.45) is 3.26. The molecule has 0 aliphatic carbocycles. The molecule has 0 aliphatic rings. The van der Waals surface area contributed by atoms with E-state index < -0.39 is 0 Å². The second-order valence-corrected chi connectivity index (χ2v) is 4.84. The van der Waals surface area contributed by atoms with Crippen molar-refractivity contribution in [1.82, 2.24) is 24.9 Å². The zero-order chi connectivity index (χ0) is 14.2. The van der Waals surface area contributed by atoms with Gasteiger partial charge in [0.1, 0.15) is 5.52 Å². The smallest absolute Gasteiger partial charge is 0.230 e. The van der Waals surface area contributed by atoms with Crippen molar-refractivity contribution >= 4 is 45.3 Å². The Balaban J connectivity index is 1.75. The number of imidazole rings is 1. The first-order chi connectivity index (χ1) is 10.3. The van der Waals surface area contributed by atoms with Gasteiger partial charge in [-0.1, -0.05) is 29.8 Å². The molecule has 2 N–H and O–H groups in total. The molecule has 0 amide bonds. The molecule has 7 heteroatoms. The normalized spacial score (nSPS) is 11.1. The molecule has 0 atom stereocenters. The number of para-hydroxylation sites is 1. The third-order valence-electron chi connectivity index (χ3n) is 3.09. The summed E-state index contributed by atoms with van der Waals surface area (Å²) in [5, 5.41) is 4.46. The molecule has 3 heterocycles. The van der Waals surface area contributed by atoms with Gasteiger partial charge in [0.25, 0.3) is 0 Å². The topological polar surface area (TPSA) is 79.4 Å². The Morgan fingerprint density at radius 1 is 1.10 bits per heavy atom. The molecule has 0 bridgehead atoms. The van der Waals surface area contributed by atoms with Crippen LogP contribution in [0.25, 0.3) is 22.1 Å². The van der Waals surface area contributed by atoms with Crippen molar-refractivity contribution in [3.8, 4) is 0 Å². The fraction of sp³-hybridized carbons (Fsp3) is 0. The largest absolute Gasteiger partial charge is 0.341 e. The zero-order valence-electron chi connectivity index (χ0n) is 10.7. The Labute approximate surface area is 124 Å². The predicted octanol–water partition coefficient (Wildman–Crippen LogP) is 3.30. The van der Waals surface area contributed by atoms with Gasteiger partial charge < -0.3 is 10.3 Å². The molecule has 0 radical (unpaired) electrons. The summed E-state index contributed by atoms with van der Waals surface area (Å²) in [6.45, 7) is 0. The van der Waals surface area contributed by atoms with Crippen LogP contribution in [0.5, 0.6) is 0 Å². The number of H-pyrrole nitrogens is 1. The molecule has 6 nitrogen and oxygen atoms in total. The molecule has 4 rings (SSSR count). The van der Waals surface area contributed by atoms with Crippen LogP contribution in [0, 0.1) is 0 Å². The molecule has 0 spiro atoms. The Kier molecular flexibility index (Phi) is 2.68. The number of rotatable bonds is 2. The van der Waals surface area contributed by atoms with Gasteiger partial charge in [-0.15, -0.1) is 0 Å². The fourth-order valence-corrected chi connectivity index (χ4v) is 2.34. The summed E-state index contributed by atoms with van der Waals surface area (Å²) in [7, 11) is 0. The first-order valence-electron chi connectivity index (χ1n) is 6.28. The lowest BCUT2D eigenvalue weighted by molar-refractivity contribution is 1.19. The van der Waals surface area contributed by atoms with Crippen molar-refractivity contribution in [2.75, 3.05) is 5.32 Å². The van der Waals surface area contributed by atoms with E-state index in [0.29, 0.717) is 22.3 Å². The van der Waals surface area contributed by atoms with Gasteiger partial charge in [0, 0.05) is 5.39 Å². The monoisotopic (exact) mass is 296 g/mol. The number of aromatic nitrogens is 5. The lowest BCUT2D eigenvalue weighted by atomic mass is 10.2. The van der Waals surface area contributed by atoms with E-state index in [9.17, 15) is 0 Å². The highest BCUT2D eigenvalue weighted by molar-refractivity contribution is 6.33. The number of fused-ring (bicyclic) bond motifs is 2. The SMILES string of the molecule is Clc1nc(Nc2cnc3ccccc3c2)nc2nc[nH]c12. The van der Waals surface area contributed by atoms with Gasteiger partial charge in [-0.2, -0.15) is 9.97 Å². The second-order valence-electron chi connectivity index (χ2n) is 4.48. The number of aromatic amines is 1. The van der Waals surface area contributed by atoms with Crippen LogP contribution >= 0.6 is 11.6 Å². The first kappa shape index (κ1) is 12.0. The maximum absolute atomic E-state index is 6.09. The van der Waals surface area contributed by atoms with Gasteiger partial charge in [0.05, 0.1) is 23.7 Å². The quantitative estimate of drug-likeness (QED) is 0.555. The van der Waals surface area contributed by atoms with E-state index in [1.165, 1.54) is 6.33 Å². The number of hydrogen-bond acceptors (Lipinski definition) is 5. The van der Waals surface area contributed by atoms with Gasteiger partial charge in [0.2, 0.25) is 5.95 Å². The number of hydrogen-bond donors (Lipinski definition) is 2. The van der Waals surface area contributed by atoms with Crippen LogP contribution in [0.3, 0.4) is 0 Å². The van der Waals surface area contributed by atoms with Crippen molar-refractivity contribution < 1.29 is 0 Å². The van der Waals surface area contributed by atoms with Gasteiger partial charge in [-0.25, -0.2) is 4.98 Å². The molecule has 4 aromatic rings. The molecule has 3 aromatic heterocycles. The number of nitrogens with zero attached hydrogens (tertiary/aromatic N) is 4. The lowest BCUT2D eigenvalue weighted by Gasteiger charge is -2.06. The Morgan fingerprint density at radius 2 is 2.00 bits per heavy atom. The van der Waals surface area contributed by atoms with E-state index >= 15 is 0 Å². The van der Waals surface area contributed by atoms with Crippen LogP contribution in [0.15, 0.2) is 42.9 Å². The molecule has 0 unspecified atom stereocenters. The summed E-state index contributed by atoms with van der Waals surface area (Å²) in [6, 6.07) is 9.86. The molecule has 0 aliphatic heterocycles. The minimum atomic E-state index is 0.328. The molecular weight excluding hydrogens is 288 g/mol. The van der Waals surface area contributed by atoms with Crippen LogP contribution in [0.2, 0.25) is 5.15 Å². The van der Waals surface area contributed by atoms with Gasteiger partial charge >= 0.3 is 0 Å².